The van der Waals surface area contributed by atoms with Gasteiger partial charge in [0.1, 0.15) is 0 Å². The van der Waals surface area contributed by atoms with Gasteiger partial charge in [-0.2, -0.15) is 8.42 Å². The van der Waals surface area contributed by atoms with E-state index in [1.54, 1.807) is 0 Å². The summed E-state index contributed by atoms with van der Waals surface area (Å²) in [7, 11) is -4.30. The van der Waals surface area contributed by atoms with Crippen LogP contribution in [0.5, 0.6) is 0 Å². The Morgan fingerprint density at radius 3 is 2.38 bits per heavy atom. The molecule has 0 saturated heterocycles. The zero-order valence-electron chi connectivity index (χ0n) is 7.89. The Bertz CT molecular complexity index is 211. The molecule has 80 valence electrons. The molecule has 6 heteroatoms. The standard InChI is InChI=1S/C7H16O5S/c1-3-7(11-4-2)5-6-12-13(8,9)10/h7H,3-6H2,1-2H3,(H,8,9,10). The van der Waals surface area contributed by atoms with E-state index in [1.807, 2.05) is 13.8 Å². The fourth-order valence-corrected chi connectivity index (χ4v) is 1.23. The van der Waals surface area contributed by atoms with Crippen LogP contribution in [0.4, 0.5) is 0 Å². The minimum Gasteiger partial charge on any atom is -0.378 e. The van der Waals surface area contributed by atoms with Crippen molar-refractivity contribution >= 4 is 10.4 Å². The average molecular weight is 212 g/mol. The number of ether oxygens (including phenoxy) is 1. The molecule has 0 aliphatic heterocycles. The van der Waals surface area contributed by atoms with Gasteiger partial charge in [0.15, 0.2) is 0 Å². The molecule has 1 unspecified atom stereocenters. The normalized spacial score (nSPS) is 14.4. The fraction of sp³-hybridized carbons (Fsp3) is 1.00. The maximum atomic E-state index is 10.2. The molecule has 1 atom stereocenters. The van der Waals surface area contributed by atoms with E-state index in [1.165, 1.54) is 0 Å². The lowest BCUT2D eigenvalue weighted by Crippen LogP contribution is -2.16. The lowest BCUT2D eigenvalue weighted by atomic mass is 10.2. The van der Waals surface area contributed by atoms with Gasteiger partial charge in [-0.3, -0.25) is 4.55 Å². The summed E-state index contributed by atoms with van der Waals surface area (Å²) in [6.07, 6.45) is 1.25. The highest BCUT2D eigenvalue weighted by atomic mass is 32.3. The van der Waals surface area contributed by atoms with Crippen LogP contribution in [0.1, 0.15) is 26.7 Å². The van der Waals surface area contributed by atoms with Crippen LogP contribution in [-0.2, 0) is 19.3 Å². The van der Waals surface area contributed by atoms with Gasteiger partial charge in [0.25, 0.3) is 0 Å². The number of hydrogen-bond donors (Lipinski definition) is 1. The molecule has 0 saturated carbocycles. The molecule has 1 N–H and O–H groups in total. The van der Waals surface area contributed by atoms with E-state index in [4.69, 9.17) is 9.29 Å². The maximum Gasteiger partial charge on any atom is 0.397 e. The van der Waals surface area contributed by atoms with Gasteiger partial charge in [-0.15, -0.1) is 0 Å². The summed E-state index contributed by atoms with van der Waals surface area (Å²) in [6, 6.07) is 0. The molecule has 0 aliphatic rings. The Labute approximate surface area is 79.0 Å². The minimum absolute atomic E-state index is 0.00764. The molecular weight excluding hydrogens is 196 g/mol. The largest absolute Gasteiger partial charge is 0.397 e. The lowest BCUT2D eigenvalue weighted by molar-refractivity contribution is 0.0439. The first kappa shape index (κ1) is 12.8. The van der Waals surface area contributed by atoms with Crippen molar-refractivity contribution in [3.63, 3.8) is 0 Å². The van der Waals surface area contributed by atoms with E-state index >= 15 is 0 Å². The van der Waals surface area contributed by atoms with Crippen molar-refractivity contribution in [2.45, 2.75) is 32.8 Å². The van der Waals surface area contributed by atoms with Crippen molar-refractivity contribution in [2.24, 2.45) is 0 Å². The molecule has 0 rings (SSSR count). The molecule has 0 radical (unpaired) electrons. The topological polar surface area (TPSA) is 72.8 Å². The maximum absolute atomic E-state index is 10.2. The van der Waals surface area contributed by atoms with Gasteiger partial charge in [-0.05, 0) is 19.8 Å². The van der Waals surface area contributed by atoms with Crippen molar-refractivity contribution in [3.8, 4) is 0 Å². The van der Waals surface area contributed by atoms with E-state index in [0.717, 1.165) is 6.42 Å². The average Bonchev–Trinajstić information content (AvgIpc) is 2.01. The molecule has 5 nitrogen and oxygen atoms in total. The Balaban J connectivity index is 3.61. The van der Waals surface area contributed by atoms with Gasteiger partial charge in [-0.25, -0.2) is 4.18 Å². The van der Waals surface area contributed by atoms with Crippen molar-refractivity contribution < 1.29 is 21.9 Å². The van der Waals surface area contributed by atoms with E-state index < -0.39 is 10.4 Å². The molecule has 0 spiro atoms. The van der Waals surface area contributed by atoms with Crippen LogP contribution in [0.3, 0.4) is 0 Å². The second kappa shape index (κ2) is 6.31. The summed E-state index contributed by atoms with van der Waals surface area (Å²) in [6.45, 7) is 4.35. The third kappa shape index (κ3) is 8.17. The van der Waals surface area contributed by atoms with Gasteiger partial charge in [-0.1, -0.05) is 6.92 Å². The van der Waals surface area contributed by atoms with Crippen LogP contribution in [0.15, 0.2) is 0 Å². The van der Waals surface area contributed by atoms with E-state index in [-0.39, 0.29) is 12.7 Å². The highest BCUT2D eigenvalue weighted by molar-refractivity contribution is 7.80. The minimum atomic E-state index is -4.30. The Morgan fingerprint density at radius 2 is 2.00 bits per heavy atom. The van der Waals surface area contributed by atoms with E-state index in [0.29, 0.717) is 13.0 Å². The molecule has 0 aromatic heterocycles. The Hall–Kier alpha value is -0.170. The molecule has 0 heterocycles. The second-order valence-electron chi connectivity index (χ2n) is 2.52. The third-order valence-corrected chi connectivity index (χ3v) is 1.99. The molecule has 0 aliphatic carbocycles. The van der Waals surface area contributed by atoms with E-state index in [2.05, 4.69) is 4.18 Å². The van der Waals surface area contributed by atoms with Gasteiger partial charge in [0.05, 0.1) is 12.7 Å². The van der Waals surface area contributed by atoms with Crippen LogP contribution in [0.2, 0.25) is 0 Å². The molecule has 0 aromatic carbocycles. The predicted octanol–water partition coefficient (Wildman–Crippen LogP) is 1.01. The van der Waals surface area contributed by atoms with Crippen LogP contribution in [0.25, 0.3) is 0 Å². The lowest BCUT2D eigenvalue weighted by Gasteiger charge is -2.13. The summed E-state index contributed by atoms with van der Waals surface area (Å²) in [4.78, 5) is 0. The summed E-state index contributed by atoms with van der Waals surface area (Å²) < 4.78 is 38.0. The first-order valence-electron chi connectivity index (χ1n) is 4.23. The van der Waals surface area contributed by atoms with Crippen molar-refractivity contribution in [1.29, 1.82) is 0 Å². The Kier molecular flexibility index (Phi) is 6.23. The fourth-order valence-electron chi connectivity index (χ4n) is 0.926. The van der Waals surface area contributed by atoms with Gasteiger partial charge >= 0.3 is 10.4 Å². The highest BCUT2D eigenvalue weighted by Crippen LogP contribution is 2.04. The van der Waals surface area contributed by atoms with Gasteiger partial charge in [0, 0.05) is 6.61 Å². The van der Waals surface area contributed by atoms with Gasteiger partial charge in [0.2, 0.25) is 0 Å². The quantitative estimate of drug-likeness (QED) is 0.637. The molecule has 0 bridgehead atoms. The first-order valence-corrected chi connectivity index (χ1v) is 5.59. The summed E-state index contributed by atoms with van der Waals surface area (Å²) in [5.74, 6) is 0. The molecule has 0 aromatic rings. The second-order valence-corrected chi connectivity index (χ2v) is 3.62. The predicted molar refractivity (Wildman–Crippen MR) is 47.8 cm³/mol. The van der Waals surface area contributed by atoms with Crippen molar-refractivity contribution in [3.05, 3.63) is 0 Å². The third-order valence-electron chi connectivity index (χ3n) is 1.53. The van der Waals surface area contributed by atoms with Gasteiger partial charge < -0.3 is 4.74 Å². The monoisotopic (exact) mass is 212 g/mol. The number of rotatable bonds is 7. The molecule has 0 amide bonds. The van der Waals surface area contributed by atoms with Crippen LogP contribution < -0.4 is 0 Å². The summed E-state index contributed by atoms with van der Waals surface area (Å²) in [5.41, 5.74) is 0. The zero-order valence-corrected chi connectivity index (χ0v) is 8.71. The molecule has 0 fully saturated rings. The summed E-state index contributed by atoms with van der Waals surface area (Å²) >= 11 is 0. The van der Waals surface area contributed by atoms with Crippen molar-refractivity contribution in [1.82, 2.24) is 0 Å². The van der Waals surface area contributed by atoms with Crippen LogP contribution in [-0.4, -0.2) is 32.3 Å². The zero-order chi connectivity index (χ0) is 10.3. The van der Waals surface area contributed by atoms with Crippen LogP contribution in [0, 0.1) is 0 Å². The molecule has 13 heavy (non-hydrogen) atoms. The molecular formula is C7H16O5S. The summed E-state index contributed by atoms with van der Waals surface area (Å²) in [5, 5.41) is 0. The smallest absolute Gasteiger partial charge is 0.378 e. The van der Waals surface area contributed by atoms with Crippen molar-refractivity contribution in [2.75, 3.05) is 13.2 Å². The van der Waals surface area contributed by atoms with Crippen LogP contribution >= 0.6 is 0 Å². The van der Waals surface area contributed by atoms with E-state index in [9.17, 15) is 8.42 Å². The first-order chi connectivity index (χ1) is 5.99. The SMILES string of the molecule is CCOC(CC)CCOS(=O)(=O)O. The number of hydrogen-bond acceptors (Lipinski definition) is 4. The highest BCUT2D eigenvalue weighted by Gasteiger charge is 2.09. The Morgan fingerprint density at radius 1 is 1.38 bits per heavy atom.